The number of rotatable bonds is 7. The first-order chi connectivity index (χ1) is 34.1. The Morgan fingerprint density at radius 2 is 1.09 bits per heavy atom. The SMILES string of the molecule is C.CC[C@H]1O[C@@H](n2cc(C(F)(F)F)c(=O)[nH]c2=O)C(F)(F)[C@@H]1C.CC[C@H]1O[C@H](Br)C(F)(F)[C@@H]1C.CI.C[O-].Cc1ncc(C(F)(F)F)c(O[Si](C)(C)C)n1.O=c1[nH]c(=O)n([C@@H]2O[C@H](CO)[C@@H](O)C2(F)F)cc1C(F)(F)F.[Na+]. The van der Waals surface area contributed by atoms with Crippen molar-refractivity contribution in [3.63, 3.8) is 0 Å². The molecule has 17 nitrogen and oxygen atoms in total. The number of halogens is 17. The van der Waals surface area contributed by atoms with Crippen LogP contribution in [-0.4, -0.2) is 113 Å². The van der Waals surface area contributed by atoms with Gasteiger partial charge in [0.25, 0.3) is 23.0 Å². The van der Waals surface area contributed by atoms with Crippen LogP contribution in [0.3, 0.4) is 0 Å². The number of ether oxygens (including phenoxy) is 3. The van der Waals surface area contributed by atoms with E-state index in [9.17, 15) is 90.1 Å². The molecule has 3 fully saturated rings. The molecule has 6 rings (SSSR count). The average Bonchev–Trinajstić information content (AvgIpc) is 3.75. The Labute approximate surface area is 474 Å². The molecule has 3 saturated heterocycles. The van der Waals surface area contributed by atoms with Crippen molar-refractivity contribution >= 4 is 46.8 Å². The van der Waals surface area contributed by atoms with Crippen LogP contribution in [-0.2, 0) is 32.7 Å². The van der Waals surface area contributed by atoms with E-state index in [-0.39, 0.29) is 82.7 Å². The molecular weight excluding hydrogens is 1300 g/mol. The maximum Gasteiger partial charge on any atom is 1.00 e. The van der Waals surface area contributed by atoms with Crippen LogP contribution in [0.1, 0.15) is 82.9 Å². The normalized spacial score (nSPS) is 24.9. The number of alkyl halides is 17. The number of nitrogens with zero attached hydrogens (tertiary/aromatic N) is 4. The van der Waals surface area contributed by atoms with Gasteiger partial charge < -0.3 is 34.0 Å². The Kier molecular flexibility index (Phi) is 29.7. The van der Waals surface area contributed by atoms with Crippen molar-refractivity contribution < 1.29 is 129 Å². The number of aromatic amines is 2. The minimum absolute atomic E-state index is 0. The van der Waals surface area contributed by atoms with Crippen LogP contribution in [0.5, 0.6) is 5.88 Å². The van der Waals surface area contributed by atoms with Gasteiger partial charge in [-0.1, -0.05) is 73.6 Å². The summed E-state index contributed by atoms with van der Waals surface area (Å²) in [5.74, 6) is -12.5. The number of aromatic nitrogens is 6. The van der Waals surface area contributed by atoms with Gasteiger partial charge in [0.05, 0.1) is 24.7 Å². The van der Waals surface area contributed by atoms with E-state index in [1.54, 1.807) is 26.6 Å². The molecular formula is C41H56BrF15IN6NaO11Si. The number of aliphatic hydroxyl groups excluding tert-OH is 2. The van der Waals surface area contributed by atoms with Crippen LogP contribution in [0.25, 0.3) is 0 Å². The molecule has 4 N–H and O–H groups in total. The Morgan fingerprint density at radius 1 is 0.727 bits per heavy atom. The second-order valence-corrected chi connectivity index (χ2v) is 22.1. The fourth-order valence-electron chi connectivity index (χ4n) is 6.67. The Morgan fingerprint density at radius 3 is 1.39 bits per heavy atom. The summed E-state index contributed by atoms with van der Waals surface area (Å²) in [6.07, 6.45) is -23.5. The molecule has 440 valence electrons. The summed E-state index contributed by atoms with van der Waals surface area (Å²) < 4.78 is 216. The van der Waals surface area contributed by atoms with Gasteiger partial charge in [-0.05, 0) is 44.3 Å². The molecule has 3 aromatic heterocycles. The fourth-order valence-corrected chi connectivity index (χ4v) is 8.10. The molecule has 0 unspecified atom stereocenters. The van der Waals surface area contributed by atoms with Crippen LogP contribution >= 0.6 is 38.5 Å². The van der Waals surface area contributed by atoms with Crippen molar-refractivity contribution in [3.05, 3.63) is 82.8 Å². The second kappa shape index (κ2) is 29.9. The first-order valence-corrected chi connectivity index (χ1v) is 27.8. The van der Waals surface area contributed by atoms with Crippen molar-refractivity contribution in [1.29, 1.82) is 0 Å². The monoisotopic (exact) mass is 1350 g/mol. The summed E-state index contributed by atoms with van der Waals surface area (Å²) >= 11 is 4.96. The zero-order valence-electron chi connectivity index (χ0n) is 41.8. The van der Waals surface area contributed by atoms with E-state index < -0.39 is 138 Å². The van der Waals surface area contributed by atoms with Gasteiger partial charge in [-0.3, -0.25) is 28.7 Å². The third kappa shape index (κ3) is 19.2. The van der Waals surface area contributed by atoms with Crippen LogP contribution in [0.4, 0.5) is 65.9 Å². The first kappa shape index (κ1) is 76.4. The zero-order valence-corrected chi connectivity index (χ0v) is 48.6. The summed E-state index contributed by atoms with van der Waals surface area (Å²) in [7, 11) is -1.37. The summed E-state index contributed by atoms with van der Waals surface area (Å²) in [6.45, 7) is 12.0. The molecule has 0 amide bonds. The van der Waals surface area contributed by atoms with Crippen molar-refractivity contribution in [2.24, 2.45) is 11.8 Å². The van der Waals surface area contributed by atoms with E-state index in [1.165, 1.54) is 30.7 Å². The third-order valence-corrected chi connectivity index (χ3v) is 12.2. The molecule has 0 saturated carbocycles. The Hall–Kier alpha value is -2.62. The minimum Gasteiger partial charge on any atom is -0.857 e. The fraction of sp³-hybridized carbons (Fsp3) is 0.707. The summed E-state index contributed by atoms with van der Waals surface area (Å²) in [5.41, 5.74) is -11.0. The molecule has 6 heterocycles. The Bertz CT molecular complexity index is 2450. The quantitative estimate of drug-likeness (QED) is 0.105. The molecule has 0 radical (unpaired) electrons. The van der Waals surface area contributed by atoms with E-state index in [0.29, 0.717) is 6.42 Å². The largest absolute Gasteiger partial charge is 1.00 e. The summed E-state index contributed by atoms with van der Waals surface area (Å²) in [5, 5.41) is 25.2. The van der Waals surface area contributed by atoms with Gasteiger partial charge in [-0.15, -0.1) is 0 Å². The molecule has 3 aliphatic rings. The first-order valence-electron chi connectivity index (χ1n) is 21.4. The number of aryl methyl sites for hydroxylation is 1. The van der Waals surface area contributed by atoms with E-state index in [4.69, 9.17) is 24.1 Å². The van der Waals surface area contributed by atoms with Gasteiger partial charge in [-0.2, -0.15) is 60.4 Å². The predicted molar refractivity (Wildman–Crippen MR) is 253 cm³/mol. The number of hydrogen-bond acceptors (Lipinski definition) is 13. The van der Waals surface area contributed by atoms with Crippen molar-refractivity contribution in [3.8, 4) is 5.88 Å². The molecule has 0 aliphatic carbocycles. The van der Waals surface area contributed by atoms with Crippen LogP contribution < -0.4 is 61.6 Å². The maximum atomic E-state index is 14.2. The van der Waals surface area contributed by atoms with Gasteiger partial charge in [0, 0.05) is 24.5 Å². The number of nitrogens with one attached hydrogen (secondary N) is 2. The van der Waals surface area contributed by atoms with E-state index in [2.05, 4.69) is 53.2 Å². The molecule has 77 heavy (non-hydrogen) atoms. The van der Waals surface area contributed by atoms with Crippen molar-refractivity contribution in [1.82, 2.24) is 29.1 Å². The summed E-state index contributed by atoms with van der Waals surface area (Å²) in [6, 6.07) is 0. The molecule has 9 atom stereocenters. The molecule has 0 aromatic carbocycles. The molecule has 36 heteroatoms. The van der Waals surface area contributed by atoms with Crippen LogP contribution in [0.2, 0.25) is 19.6 Å². The van der Waals surface area contributed by atoms with Gasteiger partial charge in [0.1, 0.15) is 28.6 Å². The second-order valence-electron chi connectivity index (χ2n) is 16.9. The van der Waals surface area contributed by atoms with Gasteiger partial charge in [-0.25, -0.2) is 32.1 Å². The molecule has 0 spiro atoms. The third-order valence-electron chi connectivity index (χ3n) is 10.6. The van der Waals surface area contributed by atoms with E-state index in [1.807, 2.05) is 11.9 Å². The Balaban J connectivity index is 0. The molecule has 0 bridgehead atoms. The predicted octanol–water partition coefficient (Wildman–Crippen LogP) is 5.05. The van der Waals surface area contributed by atoms with Gasteiger partial charge >= 0.3 is 65.4 Å². The van der Waals surface area contributed by atoms with E-state index >= 15 is 0 Å². The molecule has 3 aromatic rings. The zero-order chi connectivity index (χ0) is 58.9. The van der Waals surface area contributed by atoms with Crippen LogP contribution in [0.15, 0.2) is 37.8 Å². The van der Waals surface area contributed by atoms with Gasteiger partial charge in [0.2, 0.25) is 26.7 Å². The standard InChI is InChI=1S/C12H13F5N2O3.C10H9F5N2O5.C9H13F3N2OSi.C7H11BrF2O.CH3I.CH3O.CH4.Na/c1-3-7-5(2)11(13,14)9(22-7)19-4-6(12(15,16)17)8(20)18-10(19)21;11-9(12)5(19)4(2-18)22-7(9)17-1-3(10(13,14)15)6(20)16-8(17)21;1-6-13-5-7(9(10,11)12)8(14-6)15-16(2,3)4;1-3-5-4(2)7(9,10)6(8)11-5;2*1-2;;/h4-5,7,9H,3H2,1-2H3,(H,18,20,21);1,4-5,7,18-19H,2H2,(H,16,20,21);5H,1-4H3;4-6H,3H2,1-2H3;2*1H3;1H4;/q;;;;;-1;;+1/t5-,7-,9-;4-,5-,7-;;4-,5-,6+;;;;/m11.1..../s1. The maximum absolute atomic E-state index is 14.2. The van der Waals surface area contributed by atoms with Crippen LogP contribution in [0, 0.1) is 18.8 Å². The van der Waals surface area contributed by atoms with E-state index in [0.717, 1.165) is 13.3 Å². The minimum atomic E-state index is -5.19. The topological polar surface area (TPSA) is 236 Å². The van der Waals surface area contributed by atoms with Gasteiger partial charge in [0.15, 0.2) is 11.1 Å². The van der Waals surface area contributed by atoms with Crippen molar-refractivity contribution in [2.75, 3.05) is 18.6 Å². The number of H-pyrrole nitrogens is 2. The van der Waals surface area contributed by atoms with Crippen molar-refractivity contribution in [2.45, 2.75) is 153 Å². The average molecular weight is 1350 g/mol. The number of aliphatic hydroxyl groups is 2. The smallest absolute Gasteiger partial charge is 0.857 e. The number of hydrogen-bond donors (Lipinski definition) is 4. The molecule has 3 aliphatic heterocycles. The summed E-state index contributed by atoms with van der Waals surface area (Å²) in [4.78, 5) is 57.2.